The summed E-state index contributed by atoms with van der Waals surface area (Å²) in [6, 6.07) is 10.8. The van der Waals surface area contributed by atoms with Gasteiger partial charge >= 0.3 is 0 Å². The molecule has 20 heavy (non-hydrogen) atoms. The molecule has 0 spiro atoms. The number of hydrogen-bond acceptors (Lipinski definition) is 3. The van der Waals surface area contributed by atoms with Gasteiger partial charge < -0.3 is 5.11 Å². The van der Waals surface area contributed by atoms with Gasteiger partial charge in [0.1, 0.15) is 23.5 Å². The number of nitriles is 2. The van der Waals surface area contributed by atoms with Gasteiger partial charge in [0, 0.05) is 0 Å². The molecule has 1 aliphatic carbocycles. The van der Waals surface area contributed by atoms with E-state index in [0.717, 1.165) is 36.0 Å². The maximum absolute atomic E-state index is 9.22. The van der Waals surface area contributed by atoms with Gasteiger partial charge in [0.05, 0.1) is 0 Å². The summed E-state index contributed by atoms with van der Waals surface area (Å²) in [5.74, 6) is 0.247. The molecule has 98 valence electrons. The highest BCUT2D eigenvalue weighted by Gasteiger charge is 2.10. The Labute approximate surface area is 118 Å². The highest BCUT2D eigenvalue weighted by Crippen LogP contribution is 2.26. The van der Waals surface area contributed by atoms with E-state index in [-0.39, 0.29) is 11.3 Å². The normalized spacial score (nSPS) is 14.5. The van der Waals surface area contributed by atoms with Crippen LogP contribution in [0.1, 0.15) is 24.8 Å². The lowest BCUT2D eigenvalue weighted by Crippen LogP contribution is -1.95. The van der Waals surface area contributed by atoms with Crippen LogP contribution in [0, 0.1) is 22.7 Å². The van der Waals surface area contributed by atoms with Crippen molar-refractivity contribution in [3.63, 3.8) is 0 Å². The van der Waals surface area contributed by atoms with Crippen molar-refractivity contribution in [2.75, 3.05) is 0 Å². The van der Waals surface area contributed by atoms with E-state index in [1.165, 1.54) is 0 Å². The van der Waals surface area contributed by atoms with Crippen LogP contribution in [0.25, 0.3) is 6.08 Å². The number of allylic oxidation sites excluding steroid dienone is 5. The van der Waals surface area contributed by atoms with Gasteiger partial charge in [-0.15, -0.1) is 0 Å². The van der Waals surface area contributed by atoms with Crippen LogP contribution in [0.2, 0.25) is 0 Å². The highest BCUT2D eigenvalue weighted by atomic mass is 16.3. The summed E-state index contributed by atoms with van der Waals surface area (Å²) in [7, 11) is 0. The molecule has 0 saturated carbocycles. The third kappa shape index (κ3) is 3.37. The molecule has 1 aliphatic rings. The molecule has 0 aromatic heterocycles. The second-order valence-electron chi connectivity index (χ2n) is 4.62. The van der Waals surface area contributed by atoms with Crippen molar-refractivity contribution in [2.24, 2.45) is 0 Å². The summed E-state index contributed by atoms with van der Waals surface area (Å²) in [6.07, 6.45) is 8.58. The van der Waals surface area contributed by atoms with Crippen molar-refractivity contribution in [3.8, 4) is 17.9 Å². The van der Waals surface area contributed by atoms with E-state index in [9.17, 15) is 5.11 Å². The Balaban J connectivity index is 2.21. The topological polar surface area (TPSA) is 67.8 Å². The van der Waals surface area contributed by atoms with Crippen LogP contribution in [0.3, 0.4) is 0 Å². The predicted octanol–water partition coefficient (Wildman–Crippen LogP) is 3.86. The quantitative estimate of drug-likeness (QED) is 0.823. The summed E-state index contributed by atoms with van der Waals surface area (Å²) >= 11 is 0. The molecular weight excluding hydrogens is 248 g/mol. The average Bonchev–Trinajstić information content (AvgIpc) is 2.48. The Morgan fingerprint density at radius 2 is 1.75 bits per heavy atom. The molecular formula is C17H14N2O. The number of benzene rings is 1. The summed E-state index contributed by atoms with van der Waals surface area (Å²) in [5, 5.41) is 27.0. The zero-order valence-corrected chi connectivity index (χ0v) is 11.0. The molecule has 0 saturated heterocycles. The molecule has 0 atom stereocenters. The standard InChI is InChI=1S/C17H14N2O/c18-11-16(12-19)15-3-1-2-14(10-15)5-4-13-6-8-17(20)9-7-13/h4-10,20H,1-3H2/b5-4+. The molecule has 0 bridgehead atoms. The smallest absolute Gasteiger partial charge is 0.132 e. The van der Waals surface area contributed by atoms with Crippen LogP contribution in [0.4, 0.5) is 0 Å². The Morgan fingerprint density at radius 3 is 2.40 bits per heavy atom. The van der Waals surface area contributed by atoms with Crippen molar-refractivity contribution in [1.82, 2.24) is 0 Å². The van der Waals surface area contributed by atoms with Crippen molar-refractivity contribution in [1.29, 1.82) is 10.5 Å². The lowest BCUT2D eigenvalue weighted by molar-refractivity contribution is 0.475. The van der Waals surface area contributed by atoms with E-state index in [1.807, 2.05) is 42.5 Å². The first-order chi connectivity index (χ1) is 9.72. The fraction of sp³-hybridized carbons (Fsp3) is 0.176. The van der Waals surface area contributed by atoms with Crippen molar-refractivity contribution >= 4 is 6.08 Å². The van der Waals surface area contributed by atoms with Gasteiger partial charge in [-0.05, 0) is 48.1 Å². The molecule has 1 aromatic rings. The number of rotatable bonds is 2. The fourth-order valence-electron chi connectivity index (χ4n) is 2.14. The van der Waals surface area contributed by atoms with Crippen LogP contribution in [-0.2, 0) is 0 Å². The second kappa shape index (κ2) is 6.41. The lowest BCUT2D eigenvalue weighted by atomic mass is 9.92. The summed E-state index contributed by atoms with van der Waals surface area (Å²) in [4.78, 5) is 0. The minimum Gasteiger partial charge on any atom is -0.508 e. The molecule has 0 radical (unpaired) electrons. The lowest BCUT2D eigenvalue weighted by Gasteiger charge is -2.12. The maximum atomic E-state index is 9.22. The second-order valence-corrected chi connectivity index (χ2v) is 4.62. The van der Waals surface area contributed by atoms with E-state index in [1.54, 1.807) is 12.1 Å². The first kappa shape index (κ1) is 13.6. The number of phenols is 1. The Hall–Kier alpha value is -2.78. The third-order valence-corrected chi connectivity index (χ3v) is 3.20. The molecule has 0 unspecified atom stereocenters. The number of phenolic OH excluding ortho intramolecular Hbond substituents is 1. The molecule has 0 amide bonds. The fourth-order valence-corrected chi connectivity index (χ4v) is 2.14. The van der Waals surface area contributed by atoms with Gasteiger partial charge in [-0.25, -0.2) is 0 Å². The highest BCUT2D eigenvalue weighted by molar-refractivity contribution is 5.56. The first-order valence-corrected chi connectivity index (χ1v) is 6.44. The van der Waals surface area contributed by atoms with Crippen LogP contribution < -0.4 is 0 Å². The van der Waals surface area contributed by atoms with Gasteiger partial charge in [-0.1, -0.05) is 30.4 Å². The van der Waals surface area contributed by atoms with E-state index in [4.69, 9.17) is 10.5 Å². The summed E-state index contributed by atoms with van der Waals surface area (Å²) in [6.45, 7) is 0. The molecule has 1 aromatic carbocycles. The Kier molecular flexibility index (Phi) is 4.37. The van der Waals surface area contributed by atoms with Gasteiger partial charge in [0.2, 0.25) is 0 Å². The zero-order valence-electron chi connectivity index (χ0n) is 11.0. The molecule has 2 rings (SSSR count). The summed E-state index contributed by atoms with van der Waals surface area (Å²) in [5.41, 5.74) is 3.15. The number of nitrogens with zero attached hydrogens (tertiary/aromatic N) is 2. The number of hydrogen-bond donors (Lipinski definition) is 1. The molecule has 3 heteroatoms. The van der Waals surface area contributed by atoms with E-state index >= 15 is 0 Å². The van der Waals surface area contributed by atoms with Gasteiger partial charge in [0.15, 0.2) is 0 Å². The first-order valence-electron chi connectivity index (χ1n) is 6.44. The maximum Gasteiger partial charge on any atom is 0.132 e. The zero-order chi connectivity index (χ0) is 14.4. The van der Waals surface area contributed by atoms with Crippen LogP contribution in [0.15, 0.2) is 53.1 Å². The largest absolute Gasteiger partial charge is 0.508 e. The monoisotopic (exact) mass is 262 g/mol. The van der Waals surface area contributed by atoms with E-state index in [2.05, 4.69) is 0 Å². The van der Waals surface area contributed by atoms with Crippen molar-refractivity contribution < 1.29 is 5.11 Å². The van der Waals surface area contributed by atoms with Crippen LogP contribution >= 0.6 is 0 Å². The van der Waals surface area contributed by atoms with Crippen molar-refractivity contribution in [3.05, 3.63) is 58.7 Å². The Bertz CT molecular complexity index is 648. The number of aromatic hydroxyl groups is 1. The van der Waals surface area contributed by atoms with Crippen LogP contribution in [-0.4, -0.2) is 5.11 Å². The van der Waals surface area contributed by atoms with Gasteiger partial charge in [-0.3, -0.25) is 0 Å². The van der Waals surface area contributed by atoms with Gasteiger partial charge in [-0.2, -0.15) is 10.5 Å². The molecule has 0 heterocycles. The van der Waals surface area contributed by atoms with E-state index in [0.29, 0.717) is 0 Å². The minimum atomic E-state index is 0.209. The predicted molar refractivity (Wildman–Crippen MR) is 77.3 cm³/mol. The molecule has 1 N–H and O–H groups in total. The van der Waals surface area contributed by atoms with E-state index < -0.39 is 0 Å². The molecule has 3 nitrogen and oxygen atoms in total. The average molecular weight is 262 g/mol. The van der Waals surface area contributed by atoms with Gasteiger partial charge in [0.25, 0.3) is 0 Å². The summed E-state index contributed by atoms with van der Waals surface area (Å²) < 4.78 is 0. The molecule has 0 fully saturated rings. The SMILES string of the molecule is N#CC(C#N)=C1C=C(/C=C/c2ccc(O)cc2)CCC1. The molecule has 0 aliphatic heterocycles. The Morgan fingerprint density at radius 1 is 1.05 bits per heavy atom. The van der Waals surface area contributed by atoms with Crippen LogP contribution in [0.5, 0.6) is 5.75 Å². The van der Waals surface area contributed by atoms with Crippen molar-refractivity contribution in [2.45, 2.75) is 19.3 Å². The third-order valence-electron chi connectivity index (χ3n) is 3.20. The minimum absolute atomic E-state index is 0.209.